The maximum absolute atomic E-state index is 3.76. The summed E-state index contributed by atoms with van der Waals surface area (Å²) >= 11 is 0. The molecule has 0 spiro atoms. The van der Waals surface area contributed by atoms with Crippen molar-refractivity contribution in [1.82, 2.24) is 15.1 Å². The molecular formula is C14H31N3. The number of nitrogens with one attached hydrogen (secondary N) is 1. The van der Waals surface area contributed by atoms with E-state index in [1.807, 2.05) is 0 Å². The first-order valence-electron chi connectivity index (χ1n) is 7.32. The second-order valence-electron chi connectivity index (χ2n) is 5.48. The molecule has 0 aromatic heterocycles. The molecule has 1 N–H and O–H groups in total. The van der Waals surface area contributed by atoms with Gasteiger partial charge < -0.3 is 15.1 Å². The Kier molecular flexibility index (Phi) is 7.09. The van der Waals surface area contributed by atoms with Crippen LogP contribution in [0.15, 0.2) is 0 Å². The molecule has 0 aromatic rings. The van der Waals surface area contributed by atoms with E-state index in [9.17, 15) is 0 Å². The first kappa shape index (κ1) is 14.9. The summed E-state index contributed by atoms with van der Waals surface area (Å²) in [6, 6.07) is 1.39. The van der Waals surface area contributed by atoms with Crippen LogP contribution < -0.4 is 5.32 Å². The van der Waals surface area contributed by atoms with Gasteiger partial charge in [-0.3, -0.25) is 0 Å². The molecule has 1 fully saturated rings. The van der Waals surface area contributed by atoms with Crippen LogP contribution in [0.4, 0.5) is 0 Å². The Labute approximate surface area is 108 Å². The molecule has 1 aliphatic rings. The molecule has 2 unspecified atom stereocenters. The fraction of sp³-hybridized carbons (Fsp3) is 1.00. The number of likely N-dealkylation sites (tertiary alicyclic amines) is 1. The fourth-order valence-corrected chi connectivity index (χ4v) is 2.72. The van der Waals surface area contributed by atoms with Crippen molar-refractivity contribution in [3.05, 3.63) is 0 Å². The summed E-state index contributed by atoms with van der Waals surface area (Å²) in [6.07, 6.45) is 3.94. The summed E-state index contributed by atoms with van der Waals surface area (Å²) in [4.78, 5) is 4.93. The molecular weight excluding hydrogens is 210 g/mol. The molecule has 0 amide bonds. The zero-order valence-corrected chi connectivity index (χ0v) is 12.2. The minimum Gasteiger partial charge on any atom is -0.310 e. The minimum atomic E-state index is 0.669. The van der Waals surface area contributed by atoms with Gasteiger partial charge in [-0.1, -0.05) is 13.8 Å². The maximum Gasteiger partial charge on any atom is 0.0209 e. The summed E-state index contributed by atoms with van der Waals surface area (Å²) in [5, 5.41) is 3.76. The highest BCUT2D eigenvalue weighted by molar-refractivity contribution is 4.81. The summed E-state index contributed by atoms with van der Waals surface area (Å²) in [6.45, 7) is 12.9. The summed E-state index contributed by atoms with van der Waals surface area (Å²) < 4.78 is 0. The Hall–Kier alpha value is -0.120. The molecule has 3 nitrogen and oxygen atoms in total. The third-order valence-corrected chi connectivity index (χ3v) is 3.92. The lowest BCUT2D eigenvalue weighted by molar-refractivity contribution is 0.287. The lowest BCUT2D eigenvalue weighted by Gasteiger charge is -2.22. The topological polar surface area (TPSA) is 18.5 Å². The molecule has 0 saturated carbocycles. The van der Waals surface area contributed by atoms with Gasteiger partial charge in [0, 0.05) is 18.6 Å². The summed E-state index contributed by atoms with van der Waals surface area (Å²) in [7, 11) is 2.22. The van der Waals surface area contributed by atoms with Crippen LogP contribution in [0.2, 0.25) is 0 Å². The fourth-order valence-electron chi connectivity index (χ4n) is 2.72. The average Bonchev–Trinajstić information content (AvgIpc) is 2.70. The molecule has 3 heteroatoms. The van der Waals surface area contributed by atoms with E-state index in [0.717, 1.165) is 6.04 Å². The van der Waals surface area contributed by atoms with E-state index in [-0.39, 0.29) is 0 Å². The van der Waals surface area contributed by atoms with Crippen molar-refractivity contribution in [2.24, 2.45) is 0 Å². The van der Waals surface area contributed by atoms with Crippen LogP contribution in [-0.4, -0.2) is 61.7 Å². The van der Waals surface area contributed by atoms with Crippen molar-refractivity contribution in [2.75, 3.05) is 39.8 Å². The lowest BCUT2D eigenvalue weighted by atomic mass is 10.1. The standard InChI is InChI=1S/C14H31N3/c1-5-17(6-2)10-7-8-13(3)15-14-9-11-16(4)12-14/h13-15H,5-12H2,1-4H3. The summed E-state index contributed by atoms with van der Waals surface area (Å²) in [5.74, 6) is 0. The molecule has 0 aromatic carbocycles. The smallest absolute Gasteiger partial charge is 0.0209 e. The van der Waals surface area contributed by atoms with Crippen molar-refractivity contribution in [3.63, 3.8) is 0 Å². The second kappa shape index (κ2) is 8.06. The molecule has 0 aliphatic carbocycles. The Morgan fingerprint density at radius 2 is 2.06 bits per heavy atom. The highest BCUT2D eigenvalue weighted by atomic mass is 15.2. The molecule has 1 saturated heterocycles. The van der Waals surface area contributed by atoms with Gasteiger partial charge >= 0.3 is 0 Å². The molecule has 0 radical (unpaired) electrons. The Morgan fingerprint density at radius 1 is 1.35 bits per heavy atom. The third-order valence-electron chi connectivity index (χ3n) is 3.92. The van der Waals surface area contributed by atoms with Gasteiger partial charge in [0.1, 0.15) is 0 Å². The van der Waals surface area contributed by atoms with E-state index in [4.69, 9.17) is 0 Å². The number of hydrogen-bond donors (Lipinski definition) is 1. The largest absolute Gasteiger partial charge is 0.310 e. The zero-order valence-electron chi connectivity index (χ0n) is 12.2. The number of rotatable bonds is 8. The average molecular weight is 241 g/mol. The van der Waals surface area contributed by atoms with Gasteiger partial charge in [-0.2, -0.15) is 0 Å². The number of nitrogens with zero attached hydrogens (tertiary/aromatic N) is 2. The van der Waals surface area contributed by atoms with Crippen LogP contribution in [0.25, 0.3) is 0 Å². The van der Waals surface area contributed by atoms with Gasteiger partial charge in [0.25, 0.3) is 0 Å². The van der Waals surface area contributed by atoms with E-state index in [2.05, 4.69) is 42.9 Å². The van der Waals surface area contributed by atoms with Crippen molar-refractivity contribution in [2.45, 2.75) is 52.1 Å². The highest BCUT2D eigenvalue weighted by Gasteiger charge is 2.20. The molecule has 102 valence electrons. The van der Waals surface area contributed by atoms with Crippen molar-refractivity contribution in [3.8, 4) is 0 Å². The van der Waals surface area contributed by atoms with Crippen LogP contribution in [-0.2, 0) is 0 Å². The minimum absolute atomic E-state index is 0.669. The van der Waals surface area contributed by atoms with Crippen LogP contribution in [0.1, 0.15) is 40.0 Å². The van der Waals surface area contributed by atoms with Crippen molar-refractivity contribution in [1.29, 1.82) is 0 Å². The summed E-state index contributed by atoms with van der Waals surface area (Å²) in [5.41, 5.74) is 0. The van der Waals surface area contributed by atoms with Crippen LogP contribution in [0.3, 0.4) is 0 Å². The second-order valence-corrected chi connectivity index (χ2v) is 5.48. The predicted octanol–water partition coefficient (Wildman–Crippen LogP) is 1.79. The highest BCUT2D eigenvalue weighted by Crippen LogP contribution is 2.08. The molecule has 2 atom stereocenters. The van der Waals surface area contributed by atoms with E-state index >= 15 is 0 Å². The monoisotopic (exact) mass is 241 g/mol. The molecule has 0 bridgehead atoms. The van der Waals surface area contributed by atoms with Gasteiger partial charge in [0.05, 0.1) is 0 Å². The van der Waals surface area contributed by atoms with Crippen LogP contribution >= 0.6 is 0 Å². The Balaban J connectivity index is 2.06. The quantitative estimate of drug-likeness (QED) is 0.699. The Morgan fingerprint density at radius 3 is 2.59 bits per heavy atom. The zero-order chi connectivity index (χ0) is 12.7. The molecule has 17 heavy (non-hydrogen) atoms. The van der Waals surface area contributed by atoms with Crippen molar-refractivity contribution >= 4 is 0 Å². The predicted molar refractivity (Wildman–Crippen MR) is 75.5 cm³/mol. The van der Waals surface area contributed by atoms with E-state index in [0.29, 0.717) is 6.04 Å². The van der Waals surface area contributed by atoms with E-state index < -0.39 is 0 Å². The molecule has 1 aliphatic heterocycles. The van der Waals surface area contributed by atoms with Gasteiger partial charge in [-0.25, -0.2) is 0 Å². The lowest BCUT2D eigenvalue weighted by Crippen LogP contribution is -2.38. The molecule has 1 heterocycles. The molecule has 1 rings (SSSR count). The van der Waals surface area contributed by atoms with Gasteiger partial charge in [-0.05, 0) is 59.4 Å². The van der Waals surface area contributed by atoms with E-state index in [1.54, 1.807) is 0 Å². The Bertz CT molecular complexity index is 192. The third kappa shape index (κ3) is 5.84. The van der Waals surface area contributed by atoms with Gasteiger partial charge in [0.15, 0.2) is 0 Å². The first-order chi connectivity index (χ1) is 8.15. The van der Waals surface area contributed by atoms with E-state index in [1.165, 1.54) is 52.0 Å². The maximum atomic E-state index is 3.76. The van der Waals surface area contributed by atoms with Crippen LogP contribution in [0, 0.1) is 0 Å². The SMILES string of the molecule is CCN(CC)CCCC(C)NC1CCN(C)C1. The first-order valence-corrected chi connectivity index (χ1v) is 7.32. The van der Waals surface area contributed by atoms with Gasteiger partial charge in [-0.15, -0.1) is 0 Å². The van der Waals surface area contributed by atoms with Crippen molar-refractivity contribution < 1.29 is 0 Å². The number of hydrogen-bond acceptors (Lipinski definition) is 3. The van der Waals surface area contributed by atoms with Gasteiger partial charge in [0.2, 0.25) is 0 Å². The number of likely N-dealkylation sites (N-methyl/N-ethyl adjacent to an activating group) is 1. The van der Waals surface area contributed by atoms with Crippen LogP contribution in [0.5, 0.6) is 0 Å². The normalized spacial score (nSPS) is 23.5.